The molecule has 1 rings (SSSR count). The molecule has 8 nitrogen and oxygen atoms in total. The number of amides is 3. The van der Waals surface area contributed by atoms with E-state index in [9.17, 15) is 19.2 Å². The van der Waals surface area contributed by atoms with Crippen LogP contribution in [0.25, 0.3) is 0 Å². The minimum Gasteiger partial charge on any atom is -0.470 e. The van der Waals surface area contributed by atoms with Crippen LogP contribution < -0.4 is 16.0 Å². The molecule has 0 aliphatic carbocycles. The minimum atomic E-state index is -0.869. The Balaban J connectivity index is 2.49. The first-order chi connectivity index (χ1) is 12.2. The van der Waals surface area contributed by atoms with Crippen LogP contribution in [-0.2, 0) is 20.9 Å². The monoisotopic (exact) mass is 377 g/mol. The van der Waals surface area contributed by atoms with E-state index in [4.69, 9.17) is 7.85 Å². The Morgan fingerprint density at radius 1 is 1.15 bits per heavy atom. The smallest absolute Gasteiger partial charge is 0.276 e. The molecular formula is C16H20BN3O5S. The molecule has 0 aliphatic heterocycles. The van der Waals surface area contributed by atoms with Crippen LogP contribution in [-0.4, -0.2) is 43.4 Å². The lowest BCUT2D eigenvalue weighted by atomic mass is 10.0. The Kier molecular flexibility index (Phi) is 8.70. The highest BCUT2D eigenvalue weighted by Gasteiger charge is 2.23. The molecule has 0 fully saturated rings. The summed E-state index contributed by atoms with van der Waals surface area (Å²) < 4.78 is 4.65. The van der Waals surface area contributed by atoms with Gasteiger partial charge in [-0.25, -0.2) is 0 Å². The maximum atomic E-state index is 12.1. The van der Waals surface area contributed by atoms with Gasteiger partial charge in [-0.1, -0.05) is 38.6 Å². The zero-order valence-corrected chi connectivity index (χ0v) is 15.3. The van der Waals surface area contributed by atoms with Crippen LogP contribution in [0.1, 0.15) is 19.4 Å². The summed E-state index contributed by atoms with van der Waals surface area (Å²) in [6.45, 7) is 3.30. The van der Waals surface area contributed by atoms with Crippen molar-refractivity contribution in [1.29, 1.82) is 0 Å². The summed E-state index contributed by atoms with van der Waals surface area (Å²) >= 11 is 3.59. The number of anilines is 1. The standard InChI is InChI=1S/C16H20BN3O5S/c1-9(2)13(20-16(24)26)14(22)18-7-12(21)19-11-5-3-10(4-6-11)8-25-15(17)23/h3-6,9,13H,7-8H2,1-2H3,(H,18,22)(H,19,21)(H2,20,24,26). The van der Waals surface area contributed by atoms with Gasteiger partial charge in [-0.05, 0) is 23.6 Å². The van der Waals surface area contributed by atoms with Gasteiger partial charge < -0.3 is 20.7 Å². The predicted octanol–water partition coefficient (Wildman–Crippen LogP) is 1.21. The van der Waals surface area contributed by atoms with Crippen LogP contribution in [0, 0.1) is 5.92 Å². The first-order valence-electron chi connectivity index (χ1n) is 7.77. The summed E-state index contributed by atoms with van der Waals surface area (Å²) in [7, 11) is 4.88. The van der Waals surface area contributed by atoms with E-state index < -0.39 is 29.0 Å². The molecule has 0 heterocycles. The third-order valence-corrected chi connectivity index (χ3v) is 3.40. The fourth-order valence-corrected chi connectivity index (χ4v) is 2.13. The van der Waals surface area contributed by atoms with Gasteiger partial charge in [0.2, 0.25) is 25.5 Å². The number of thiol groups is 1. The normalized spacial score (nSPS) is 11.4. The SMILES string of the molecule is [B]C(=O)OCc1ccc(NC(=O)CNC(=O)C(NC(=O)S)C(C)C)cc1. The van der Waals surface area contributed by atoms with Crippen molar-refractivity contribution in [1.82, 2.24) is 10.6 Å². The molecule has 138 valence electrons. The average Bonchev–Trinajstić information content (AvgIpc) is 2.56. The largest absolute Gasteiger partial charge is 0.470 e. The van der Waals surface area contributed by atoms with Crippen molar-refractivity contribution < 1.29 is 23.9 Å². The van der Waals surface area contributed by atoms with E-state index >= 15 is 0 Å². The molecule has 1 aromatic rings. The summed E-state index contributed by atoms with van der Waals surface area (Å²) in [5.41, 5.74) is 1.22. The van der Waals surface area contributed by atoms with Crippen molar-refractivity contribution in [2.45, 2.75) is 26.5 Å². The zero-order chi connectivity index (χ0) is 19.7. The number of carbonyl (C=O) groups is 4. The Morgan fingerprint density at radius 2 is 1.77 bits per heavy atom. The zero-order valence-electron chi connectivity index (χ0n) is 14.4. The minimum absolute atomic E-state index is 0.0348. The second-order valence-electron chi connectivity index (χ2n) is 5.74. The highest BCUT2D eigenvalue weighted by atomic mass is 32.1. The Morgan fingerprint density at radius 3 is 2.27 bits per heavy atom. The molecule has 0 saturated heterocycles. The molecule has 0 bridgehead atoms. The van der Waals surface area contributed by atoms with Gasteiger partial charge in [0, 0.05) is 5.69 Å². The highest BCUT2D eigenvalue weighted by Crippen LogP contribution is 2.10. The van der Waals surface area contributed by atoms with E-state index in [1.807, 2.05) is 0 Å². The molecule has 1 aromatic carbocycles. The molecule has 3 N–H and O–H groups in total. The quantitative estimate of drug-likeness (QED) is 0.402. The van der Waals surface area contributed by atoms with Crippen LogP contribution in [0.15, 0.2) is 24.3 Å². The summed E-state index contributed by atoms with van der Waals surface area (Å²) in [6, 6.07) is 5.79. The lowest BCUT2D eigenvalue weighted by molar-refractivity contribution is -0.126. The predicted molar refractivity (Wildman–Crippen MR) is 100 cm³/mol. The Labute approximate surface area is 158 Å². The summed E-state index contributed by atoms with van der Waals surface area (Å²) in [5, 5.41) is 6.87. The van der Waals surface area contributed by atoms with Crippen molar-refractivity contribution in [3.05, 3.63) is 29.8 Å². The van der Waals surface area contributed by atoms with E-state index in [1.165, 1.54) is 0 Å². The number of carbonyl (C=O) groups excluding carboxylic acids is 4. The second-order valence-corrected chi connectivity index (χ2v) is 6.15. The van der Waals surface area contributed by atoms with Crippen LogP contribution in [0.5, 0.6) is 0 Å². The fourth-order valence-electron chi connectivity index (χ4n) is 1.99. The first-order valence-corrected chi connectivity index (χ1v) is 8.22. The van der Waals surface area contributed by atoms with E-state index in [1.54, 1.807) is 38.1 Å². The maximum Gasteiger partial charge on any atom is 0.276 e. The van der Waals surface area contributed by atoms with E-state index in [0.29, 0.717) is 11.3 Å². The van der Waals surface area contributed by atoms with E-state index in [2.05, 4.69) is 33.3 Å². The van der Waals surface area contributed by atoms with Crippen molar-refractivity contribution >= 4 is 49.1 Å². The van der Waals surface area contributed by atoms with E-state index in [0.717, 1.165) is 0 Å². The first kappa shape index (κ1) is 21.6. The van der Waals surface area contributed by atoms with Crippen LogP contribution >= 0.6 is 12.6 Å². The molecule has 3 amide bonds. The summed E-state index contributed by atoms with van der Waals surface area (Å²) in [4.78, 5) is 45.5. The van der Waals surface area contributed by atoms with Gasteiger partial charge >= 0.3 is 0 Å². The van der Waals surface area contributed by atoms with E-state index in [-0.39, 0.29) is 19.1 Å². The Hall–Kier alpha value is -2.49. The van der Waals surface area contributed by atoms with Crippen LogP contribution in [0.2, 0.25) is 0 Å². The summed E-state index contributed by atoms with van der Waals surface area (Å²) in [5.74, 6) is -1.94. The third kappa shape index (κ3) is 8.06. The van der Waals surface area contributed by atoms with Gasteiger partial charge in [0.05, 0.1) is 6.54 Å². The topological polar surface area (TPSA) is 114 Å². The lowest BCUT2D eigenvalue weighted by Gasteiger charge is -2.20. The van der Waals surface area contributed by atoms with Gasteiger partial charge in [0.25, 0.3) is 5.24 Å². The van der Waals surface area contributed by atoms with Crippen LogP contribution in [0.3, 0.4) is 0 Å². The van der Waals surface area contributed by atoms with Crippen LogP contribution in [0.4, 0.5) is 15.3 Å². The van der Waals surface area contributed by atoms with Crippen molar-refractivity contribution in [3.8, 4) is 0 Å². The number of ether oxygens (including phenoxy) is 1. The van der Waals surface area contributed by atoms with Gasteiger partial charge in [0.1, 0.15) is 12.6 Å². The average molecular weight is 377 g/mol. The molecule has 2 radical (unpaired) electrons. The van der Waals surface area contributed by atoms with Gasteiger partial charge in [-0.15, -0.1) is 0 Å². The number of hydrogen-bond donors (Lipinski definition) is 4. The molecule has 0 aliphatic rings. The molecule has 1 atom stereocenters. The summed E-state index contributed by atoms with van der Waals surface area (Å²) in [6.07, 6.45) is 0. The van der Waals surface area contributed by atoms with Crippen molar-refractivity contribution in [3.63, 3.8) is 0 Å². The van der Waals surface area contributed by atoms with Gasteiger partial charge in [-0.2, -0.15) is 0 Å². The lowest BCUT2D eigenvalue weighted by Crippen LogP contribution is -2.49. The van der Waals surface area contributed by atoms with Crippen molar-refractivity contribution in [2.75, 3.05) is 11.9 Å². The number of rotatable bonds is 8. The van der Waals surface area contributed by atoms with Crippen molar-refractivity contribution in [2.24, 2.45) is 5.92 Å². The number of benzene rings is 1. The molecular weight excluding hydrogens is 357 g/mol. The number of nitrogens with one attached hydrogen (secondary N) is 3. The second kappa shape index (κ2) is 10.5. The number of hydrogen-bond acceptors (Lipinski definition) is 5. The fraction of sp³-hybridized carbons (Fsp3) is 0.375. The molecule has 0 spiro atoms. The van der Waals surface area contributed by atoms with Gasteiger partial charge in [-0.3, -0.25) is 19.2 Å². The maximum absolute atomic E-state index is 12.1. The molecule has 10 heteroatoms. The highest BCUT2D eigenvalue weighted by molar-refractivity contribution is 7.96. The molecule has 26 heavy (non-hydrogen) atoms. The Bertz CT molecular complexity index is 666. The third-order valence-electron chi connectivity index (χ3n) is 3.27. The molecule has 0 aromatic heterocycles. The van der Waals surface area contributed by atoms with Gasteiger partial charge in [0.15, 0.2) is 0 Å². The molecule has 1 unspecified atom stereocenters. The molecule has 0 saturated carbocycles.